The summed E-state index contributed by atoms with van der Waals surface area (Å²) < 4.78 is 10.7. The van der Waals surface area contributed by atoms with E-state index in [9.17, 15) is 4.79 Å². The zero-order valence-corrected chi connectivity index (χ0v) is 19.7. The number of aryl methyl sites for hydroxylation is 1. The summed E-state index contributed by atoms with van der Waals surface area (Å²) >= 11 is 0. The maximum Gasteiger partial charge on any atom is 0.251 e. The van der Waals surface area contributed by atoms with Gasteiger partial charge in [0.05, 0.1) is 19.8 Å². The van der Waals surface area contributed by atoms with Gasteiger partial charge >= 0.3 is 0 Å². The number of ether oxygens (including phenoxy) is 2. The first-order valence-corrected chi connectivity index (χ1v) is 11.8. The predicted octanol–water partition coefficient (Wildman–Crippen LogP) is 4.71. The number of nitrogens with zero attached hydrogens (tertiary/aromatic N) is 1. The first kappa shape index (κ1) is 23.4. The molecule has 0 aromatic heterocycles. The lowest BCUT2D eigenvalue weighted by atomic mass is 10.0. The molecular weight excluding hydrogens is 412 g/mol. The Morgan fingerprint density at radius 3 is 2.48 bits per heavy atom. The number of methoxy groups -OCH3 is 1. The molecule has 0 saturated carbocycles. The van der Waals surface area contributed by atoms with Gasteiger partial charge in [0.2, 0.25) is 0 Å². The number of nitrogens with one attached hydrogen (secondary N) is 1. The van der Waals surface area contributed by atoms with Crippen LogP contribution in [0.4, 0.5) is 0 Å². The maximum absolute atomic E-state index is 12.5. The van der Waals surface area contributed by atoms with Crippen molar-refractivity contribution in [2.24, 2.45) is 0 Å². The molecule has 3 aromatic rings. The second-order valence-corrected chi connectivity index (χ2v) is 8.95. The lowest BCUT2D eigenvalue weighted by Gasteiger charge is -2.32. The Bertz CT molecular complexity index is 1070. The zero-order chi connectivity index (χ0) is 23.0. The van der Waals surface area contributed by atoms with Gasteiger partial charge in [0.25, 0.3) is 5.91 Å². The summed E-state index contributed by atoms with van der Waals surface area (Å²) in [7, 11) is 1.69. The van der Waals surface area contributed by atoms with Gasteiger partial charge in [0.1, 0.15) is 0 Å². The number of fused-ring (bicyclic) bond motifs is 1. The lowest BCUT2D eigenvalue weighted by Crippen LogP contribution is -2.44. The van der Waals surface area contributed by atoms with Gasteiger partial charge in [-0.3, -0.25) is 9.69 Å². The Morgan fingerprint density at radius 1 is 0.970 bits per heavy atom. The number of likely N-dealkylation sites (tertiary alicyclic amines) is 1. The Morgan fingerprint density at radius 2 is 1.73 bits per heavy atom. The van der Waals surface area contributed by atoms with Crippen LogP contribution in [0.3, 0.4) is 0 Å². The van der Waals surface area contributed by atoms with Crippen LogP contribution in [-0.4, -0.2) is 50.3 Å². The number of benzene rings is 3. The molecule has 1 saturated heterocycles. The fourth-order valence-electron chi connectivity index (χ4n) is 4.41. The number of hydrogen-bond donors (Lipinski definition) is 1. The van der Waals surface area contributed by atoms with Gasteiger partial charge in [-0.15, -0.1) is 0 Å². The van der Waals surface area contributed by atoms with Crippen molar-refractivity contribution < 1.29 is 14.3 Å². The van der Waals surface area contributed by atoms with Crippen LogP contribution in [0.5, 0.6) is 0 Å². The maximum atomic E-state index is 12.5. The summed E-state index contributed by atoms with van der Waals surface area (Å²) in [4.78, 5) is 15.0. The van der Waals surface area contributed by atoms with Crippen LogP contribution >= 0.6 is 0 Å². The van der Waals surface area contributed by atoms with E-state index in [2.05, 4.69) is 46.6 Å². The van der Waals surface area contributed by atoms with Crippen molar-refractivity contribution >= 4 is 16.7 Å². The first-order valence-electron chi connectivity index (χ1n) is 11.8. The highest BCUT2D eigenvalue weighted by Gasteiger charge is 2.21. The smallest absolute Gasteiger partial charge is 0.251 e. The number of hydrogen-bond acceptors (Lipinski definition) is 4. The van der Waals surface area contributed by atoms with E-state index in [4.69, 9.17) is 9.47 Å². The molecule has 0 unspecified atom stereocenters. The fourth-order valence-corrected chi connectivity index (χ4v) is 4.41. The Labute approximate surface area is 196 Å². The van der Waals surface area contributed by atoms with Gasteiger partial charge in [-0.1, -0.05) is 42.0 Å². The third-order valence-corrected chi connectivity index (χ3v) is 6.28. The average molecular weight is 447 g/mol. The molecule has 1 N–H and O–H groups in total. The minimum absolute atomic E-state index is 0.0358. The van der Waals surface area contributed by atoms with Crippen molar-refractivity contribution in [2.45, 2.75) is 39.0 Å². The molecule has 0 aliphatic carbocycles. The standard InChI is InChI=1S/C28H34N2O3/c1-21-4-3-5-25(16-21)28(31)29-27-10-12-30(13-11-27)19-22-6-8-24-9-7-23(18-26(24)17-22)20-33-15-14-32-2/h3-9,16-18,27H,10-15,19-20H2,1-2H3,(H,29,31). The quantitative estimate of drug-likeness (QED) is 0.484. The average Bonchev–Trinajstić information content (AvgIpc) is 2.83. The molecule has 5 heteroatoms. The minimum atomic E-state index is 0.0358. The van der Waals surface area contributed by atoms with Gasteiger partial charge in [0.15, 0.2) is 0 Å². The van der Waals surface area contributed by atoms with Gasteiger partial charge in [-0.05, 0) is 65.9 Å². The number of piperidine rings is 1. The normalized spacial score (nSPS) is 15.1. The highest BCUT2D eigenvalue weighted by molar-refractivity contribution is 5.94. The molecule has 0 radical (unpaired) electrons. The number of rotatable bonds is 9. The van der Waals surface area contributed by atoms with Crippen molar-refractivity contribution in [1.29, 1.82) is 0 Å². The van der Waals surface area contributed by atoms with E-state index in [-0.39, 0.29) is 11.9 Å². The monoisotopic (exact) mass is 446 g/mol. The molecular formula is C28H34N2O3. The van der Waals surface area contributed by atoms with E-state index in [1.807, 2.05) is 31.2 Å². The van der Waals surface area contributed by atoms with E-state index >= 15 is 0 Å². The summed E-state index contributed by atoms with van der Waals surface area (Å²) in [6.07, 6.45) is 1.96. The molecule has 1 fully saturated rings. The molecule has 0 atom stereocenters. The molecule has 0 bridgehead atoms. The molecule has 1 heterocycles. The predicted molar refractivity (Wildman–Crippen MR) is 132 cm³/mol. The highest BCUT2D eigenvalue weighted by atomic mass is 16.5. The van der Waals surface area contributed by atoms with E-state index in [0.717, 1.165) is 43.6 Å². The van der Waals surface area contributed by atoms with Gasteiger partial charge < -0.3 is 14.8 Å². The minimum Gasteiger partial charge on any atom is -0.382 e. The lowest BCUT2D eigenvalue weighted by molar-refractivity contribution is 0.0617. The molecule has 1 aliphatic rings. The Balaban J connectivity index is 1.29. The van der Waals surface area contributed by atoms with Crippen LogP contribution in [0.2, 0.25) is 0 Å². The SMILES string of the molecule is COCCOCc1ccc2ccc(CN3CCC(NC(=O)c4cccc(C)c4)CC3)cc2c1. The van der Waals surface area contributed by atoms with E-state index < -0.39 is 0 Å². The van der Waals surface area contributed by atoms with Crippen LogP contribution < -0.4 is 5.32 Å². The van der Waals surface area contributed by atoms with Crippen LogP contribution in [0.25, 0.3) is 10.8 Å². The third-order valence-electron chi connectivity index (χ3n) is 6.28. The summed E-state index contributed by atoms with van der Waals surface area (Å²) in [5, 5.41) is 5.71. The molecule has 174 valence electrons. The Kier molecular flexibility index (Phi) is 8.10. The van der Waals surface area contributed by atoms with Gasteiger partial charge in [0, 0.05) is 38.3 Å². The van der Waals surface area contributed by atoms with Crippen molar-refractivity contribution in [3.8, 4) is 0 Å². The Hall–Kier alpha value is -2.73. The van der Waals surface area contributed by atoms with Gasteiger partial charge in [-0.2, -0.15) is 0 Å². The van der Waals surface area contributed by atoms with Gasteiger partial charge in [-0.25, -0.2) is 0 Å². The topological polar surface area (TPSA) is 50.8 Å². The first-order chi connectivity index (χ1) is 16.1. The summed E-state index contributed by atoms with van der Waals surface area (Å²) in [6, 6.07) is 21.3. The largest absolute Gasteiger partial charge is 0.382 e. The number of amides is 1. The van der Waals surface area contributed by atoms with Crippen LogP contribution in [-0.2, 0) is 22.6 Å². The number of carbonyl (C=O) groups excluding carboxylic acids is 1. The van der Waals surface area contributed by atoms with Crippen molar-refractivity contribution in [2.75, 3.05) is 33.4 Å². The molecule has 4 rings (SSSR count). The molecule has 1 aliphatic heterocycles. The van der Waals surface area contributed by atoms with Crippen LogP contribution in [0, 0.1) is 6.92 Å². The number of carbonyl (C=O) groups is 1. The van der Waals surface area contributed by atoms with E-state index in [1.54, 1.807) is 7.11 Å². The molecule has 0 spiro atoms. The summed E-state index contributed by atoms with van der Waals surface area (Å²) in [5.74, 6) is 0.0358. The van der Waals surface area contributed by atoms with E-state index in [1.165, 1.54) is 21.9 Å². The second kappa shape index (κ2) is 11.4. The molecule has 5 nitrogen and oxygen atoms in total. The highest BCUT2D eigenvalue weighted by Crippen LogP contribution is 2.21. The molecule has 33 heavy (non-hydrogen) atoms. The van der Waals surface area contributed by atoms with Crippen molar-refractivity contribution in [3.63, 3.8) is 0 Å². The second-order valence-electron chi connectivity index (χ2n) is 8.95. The van der Waals surface area contributed by atoms with Crippen LogP contribution in [0.1, 0.15) is 39.9 Å². The fraction of sp³-hybridized carbons (Fsp3) is 0.393. The van der Waals surface area contributed by atoms with E-state index in [0.29, 0.717) is 19.8 Å². The van der Waals surface area contributed by atoms with Crippen molar-refractivity contribution in [3.05, 3.63) is 82.9 Å². The third kappa shape index (κ3) is 6.64. The zero-order valence-electron chi connectivity index (χ0n) is 19.7. The summed E-state index contributed by atoms with van der Waals surface area (Å²) in [6.45, 7) is 6.75. The molecule has 3 aromatic carbocycles. The molecule has 1 amide bonds. The summed E-state index contributed by atoms with van der Waals surface area (Å²) in [5.41, 5.74) is 4.36. The van der Waals surface area contributed by atoms with Crippen molar-refractivity contribution in [1.82, 2.24) is 10.2 Å². The van der Waals surface area contributed by atoms with Crippen LogP contribution in [0.15, 0.2) is 60.7 Å².